The summed E-state index contributed by atoms with van der Waals surface area (Å²) < 4.78 is 6.39. The van der Waals surface area contributed by atoms with E-state index in [1.54, 1.807) is 35.5 Å². The number of pyridine rings is 2. The van der Waals surface area contributed by atoms with E-state index < -0.39 is 0 Å². The standard InChI is InChI=1S/C28H31N5O3/c1-19-15-33(20(2)18-34)28(35)25-12-23(22-9-7-21(13-29)8-10-22)14-31-27(25)36-26(19)17-32(3)16-24-6-4-5-11-30-24/h4-12,14,19-20,26,34H,15-18H2,1-3H3/t19-,20-,26+/m1/s1. The molecule has 1 N–H and O–H groups in total. The summed E-state index contributed by atoms with van der Waals surface area (Å²) in [5.74, 6) is 0.0688. The van der Waals surface area contributed by atoms with Crippen LogP contribution in [0.4, 0.5) is 0 Å². The van der Waals surface area contributed by atoms with Crippen LogP contribution in [0.15, 0.2) is 60.9 Å². The van der Waals surface area contributed by atoms with Gasteiger partial charge in [0.2, 0.25) is 5.88 Å². The fourth-order valence-electron chi connectivity index (χ4n) is 4.36. The van der Waals surface area contributed by atoms with Crippen molar-refractivity contribution in [1.29, 1.82) is 5.26 Å². The minimum atomic E-state index is -0.351. The lowest BCUT2D eigenvalue weighted by atomic mass is 9.99. The number of nitriles is 1. The Morgan fingerprint density at radius 2 is 2.00 bits per heavy atom. The van der Waals surface area contributed by atoms with Crippen LogP contribution in [0.5, 0.6) is 5.88 Å². The number of aliphatic hydroxyl groups excluding tert-OH is 1. The van der Waals surface area contributed by atoms with E-state index in [-0.39, 0.29) is 36.5 Å². The molecular formula is C28H31N5O3. The van der Waals surface area contributed by atoms with Crippen molar-refractivity contribution in [2.45, 2.75) is 32.5 Å². The number of rotatable bonds is 7. The first-order valence-corrected chi connectivity index (χ1v) is 12.1. The van der Waals surface area contributed by atoms with Crippen LogP contribution in [0.2, 0.25) is 0 Å². The zero-order valence-electron chi connectivity index (χ0n) is 20.8. The fourth-order valence-corrected chi connectivity index (χ4v) is 4.36. The van der Waals surface area contributed by atoms with Crippen molar-refractivity contribution in [3.63, 3.8) is 0 Å². The summed E-state index contributed by atoms with van der Waals surface area (Å²) in [6.45, 7) is 5.49. The molecule has 36 heavy (non-hydrogen) atoms. The van der Waals surface area contributed by atoms with Gasteiger partial charge in [-0.1, -0.05) is 25.1 Å². The number of fused-ring (bicyclic) bond motifs is 1. The number of aromatic nitrogens is 2. The van der Waals surface area contributed by atoms with Gasteiger partial charge in [-0.2, -0.15) is 5.26 Å². The van der Waals surface area contributed by atoms with E-state index in [1.165, 1.54) is 0 Å². The van der Waals surface area contributed by atoms with E-state index in [2.05, 4.69) is 27.9 Å². The van der Waals surface area contributed by atoms with Gasteiger partial charge in [-0.05, 0) is 49.9 Å². The van der Waals surface area contributed by atoms with Gasteiger partial charge in [0.1, 0.15) is 11.7 Å². The van der Waals surface area contributed by atoms with Gasteiger partial charge in [0.05, 0.1) is 30.0 Å². The summed E-state index contributed by atoms with van der Waals surface area (Å²) in [7, 11) is 2.02. The molecule has 8 heteroatoms. The third-order valence-electron chi connectivity index (χ3n) is 6.52. The summed E-state index contributed by atoms with van der Waals surface area (Å²) >= 11 is 0. The lowest BCUT2D eigenvalue weighted by molar-refractivity contribution is 0.0324. The number of hydrogen-bond donors (Lipinski definition) is 1. The molecule has 1 amide bonds. The monoisotopic (exact) mass is 485 g/mol. The maximum Gasteiger partial charge on any atom is 0.259 e. The quantitative estimate of drug-likeness (QED) is 0.547. The molecule has 8 nitrogen and oxygen atoms in total. The van der Waals surface area contributed by atoms with E-state index in [0.29, 0.717) is 30.8 Å². The molecule has 2 aromatic heterocycles. The number of amides is 1. The zero-order valence-corrected chi connectivity index (χ0v) is 20.8. The molecular weight excluding hydrogens is 454 g/mol. The number of benzene rings is 1. The first-order chi connectivity index (χ1) is 17.4. The second kappa shape index (κ2) is 11.3. The summed E-state index contributed by atoms with van der Waals surface area (Å²) in [4.78, 5) is 26.5. The molecule has 0 saturated heterocycles. The highest BCUT2D eigenvalue weighted by molar-refractivity contribution is 5.98. The van der Waals surface area contributed by atoms with Crippen LogP contribution in [-0.4, -0.2) is 69.7 Å². The lowest BCUT2D eigenvalue weighted by Crippen LogP contribution is -2.49. The second-order valence-corrected chi connectivity index (χ2v) is 9.41. The van der Waals surface area contributed by atoms with Crippen molar-refractivity contribution in [1.82, 2.24) is 19.8 Å². The molecule has 0 radical (unpaired) electrons. The van der Waals surface area contributed by atoms with Gasteiger partial charge in [0, 0.05) is 43.5 Å². The van der Waals surface area contributed by atoms with E-state index >= 15 is 0 Å². The Hall–Kier alpha value is -3.80. The molecule has 3 aromatic rings. The van der Waals surface area contributed by atoms with Crippen LogP contribution in [0.3, 0.4) is 0 Å². The third-order valence-corrected chi connectivity index (χ3v) is 6.52. The van der Waals surface area contributed by atoms with Crippen molar-refractivity contribution in [3.05, 3.63) is 77.7 Å². The number of carbonyl (C=O) groups excluding carboxylic acids is 1. The average molecular weight is 486 g/mol. The first kappa shape index (κ1) is 25.3. The smallest absolute Gasteiger partial charge is 0.259 e. The number of nitrogens with zero attached hydrogens (tertiary/aromatic N) is 5. The normalized spacial score (nSPS) is 18.6. The number of hydrogen-bond acceptors (Lipinski definition) is 7. The van der Waals surface area contributed by atoms with Gasteiger partial charge in [-0.25, -0.2) is 4.98 Å². The molecule has 1 aromatic carbocycles. The molecule has 0 aliphatic carbocycles. The SMILES string of the molecule is C[C@@H]1CN([C@H](C)CO)C(=O)c2cc(-c3ccc(C#N)cc3)cnc2O[C@H]1CN(C)Cc1ccccn1. The molecule has 1 aliphatic heterocycles. The van der Waals surface area contributed by atoms with Gasteiger partial charge >= 0.3 is 0 Å². The summed E-state index contributed by atoms with van der Waals surface area (Å²) in [5.41, 5.74) is 3.49. The Labute approximate surface area is 211 Å². The first-order valence-electron chi connectivity index (χ1n) is 12.1. The van der Waals surface area contributed by atoms with Crippen LogP contribution >= 0.6 is 0 Å². The maximum atomic E-state index is 13.6. The molecule has 3 atom stereocenters. The van der Waals surface area contributed by atoms with Crippen molar-refractivity contribution in [3.8, 4) is 23.1 Å². The fraction of sp³-hybridized carbons (Fsp3) is 0.357. The van der Waals surface area contributed by atoms with Gasteiger partial charge < -0.3 is 14.7 Å². The van der Waals surface area contributed by atoms with Crippen LogP contribution in [0.25, 0.3) is 11.1 Å². The van der Waals surface area contributed by atoms with Crippen molar-refractivity contribution >= 4 is 5.91 Å². The predicted octanol–water partition coefficient (Wildman–Crippen LogP) is 3.37. The second-order valence-electron chi connectivity index (χ2n) is 9.41. The Balaban J connectivity index is 1.66. The topological polar surface area (TPSA) is 103 Å². The highest BCUT2D eigenvalue weighted by Crippen LogP contribution is 2.30. The number of ether oxygens (including phenoxy) is 1. The molecule has 0 spiro atoms. The Morgan fingerprint density at radius 1 is 1.22 bits per heavy atom. The predicted molar refractivity (Wildman–Crippen MR) is 136 cm³/mol. The molecule has 4 rings (SSSR count). The van der Waals surface area contributed by atoms with Gasteiger partial charge in [-0.15, -0.1) is 0 Å². The van der Waals surface area contributed by atoms with E-state index in [4.69, 9.17) is 10.00 Å². The van der Waals surface area contributed by atoms with Crippen LogP contribution in [0, 0.1) is 17.2 Å². The minimum absolute atomic E-state index is 0.00212. The Bertz CT molecular complexity index is 1230. The van der Waals surface area contributed by atoms with Gasteiger partial charge in [0.25, 0.3) is 5.91 Å². The maximum absolute atomic E-state index is 13.6. The zero-order chi connectivity index (χ0) is 25.7. The summed E-state index contributed by atoms with van der Waals surface area (Å²) in [5, 5.41) is 19.0. The third kappa shape index (κ3) is 5.70. The van der Waals surface area contributed by atoms with Crippen molar-refractivity contribution in [2.75, 3.05) is 26.7 Å². The molecule has 3 heterocycles. The number of carbonyl (C=O) groups is 1. The average Bonchev–Trinajstić information content (AvgIpc) is 2.90. The van der Waals surface area contributed by atoms with E-state index in [0.717, 1.165) is 16.8 Å². The molecule has 0 bridgehead atoms. The number of likely N-dealkylation sites (N-methyl/N-ethyl adjacent to an activating group) is 1. The van der Waals surface area contributed by atoms with Crippen molar-refractivity contribution in [2.24, 2.45) is 5.92 Å². The van der Waals surface area contributed by atoms with E-state index in [1.807, 2.05) is 44.3 Å². The van der Waals surface area contributed by atoms with Crippen LogP contribution < -0.4 is 4.74 Å². The lowest BCUT2D eigenvalue weighted by Gasteiger charge is -2.37. The van der Waals surface area contributed by atoms with Gasteiger partial charge in [-0.3, -0.25) is 14.7 Å². The molecule has 1 aliphatic rings. The summed E-state index contributed by atoms with van der Waals surface area (Å²) in [6.07, 6.45) is 3.24. The Kier molecular flexibility index (Phi) is 7.93. The van der Waals surface area contributed by atoms with Crippen LogP contribution in [0.1, 0.15) is 35.5 Å². The van der Waals surface area contributed by atoms with Crippen LogP contribution in [-0.2, 0) is 6.54 Å². The minimum Gasteiger partial charge on any atom is -0.472 e. The highest BCUT2D eigenvalue weighted by Gasteiger charge is 2.34. The molecule has 186 valence electrons. The summed E-state index contributed by atoms with van der Waals surface area (Å²) in [6, 6.07) is 16.5. The molecule has 0 fully saturated rings. The Morgan fingerprint density at radius 3 is 2.67 bits per heavy atom. The largest absolute Gasteiger partial charge is 0.472 e. The highest BCUT2D eigenvalue weighted by atomic mass is 16.5. The van der Waals surface area contributed by atoms with Crippen molar-refractivity contribution < 1.29 is 14.6 Å². The number of aliphatic hydroxyl groups is 1. The molecule has 0 saturated carbocycles. The van der Waals surface area contributed by atoms with Gasteiger partial charge in [0.15, 0.2) is 0 Å². The molecule has 0 unspecified atom stereocenters. The van der Waals surface area contributed by atoms with E-state index in [9.17, 15) is 9.90 Å².